The Hall–Kier alpha value is -1.90. The molecule has 0 spiro atoms. The third-order valence-electron chi connectivity index (χ3n) is 4.54. The van der Waals surface area contributed by atoms with Crippen LogP contribution in [-0.2, 0) is 9.84 Å². The van der Waals surface area contributed by atoms with Crippen molar-refractivity contribution in [2.45, 2.75) is 50.6 Å². The van der Waals surface area contributed by atoms with Crippen LogP contribution in [-0.4, -0.2) is 41.9 Å². The van der Waals surface area contributed by atoms with E-state index in [2.05, 4.69) is 9.97 Å². The Morgan fingerprint density at radius 1 is 1.31 bits per heavy atom. The van der Waals surface area contributed by atoms with Gasteiger partial charge in [-0.15, -0.1) is 0 Å². The Bertz CT molecular complexity index is 793. The van der Waals surface area contributed by atoms with Gasteiger partial charge in [0.05, 0.1) is 18.1 Å². The average Bonchev–Trinajstić information content (AvgIpc) is 3.09. The molecule has 0 aromatic carbocycles. The maximum Gasteiger partial charge on any atom is 0.251 e. The quantitative estimate of drug-likeness (QED) is 0.670. The fraction of sp³-hybridized carbons (Fsp3) is 0.588. The van der Waals surface area contributed by atoms with Crippen LogP contribution in [0.1, 0.15) is 49.0 Å². The molecule has 0 saturated heterocycles. The van der Waals surface area contributed by atoms with Crippen molar-refractivity contribution in [1.29, 1.82) is 0 Å². The van der Waals surface area contributed by atoms with E-state index < -0.39 is 21.9 Å². The third-order valence-corrected chi connectivity index (χ3v) is 6.01. The summed E-state index contributed by atoms with van der Waals surface area (Å²) in [6.45, 7) is 0. The molecular formula is C17H20F2N2O4S. The van der Waals surface area contributed by atoms with Gasteiger partial charge in [0.25, 0.3) is 5.92 Å². The Morgan fingerprint density at radius 2 is 2.12 bits per heavy atom. The summed E-state index contributed by atoms with van der Waals surface area (Å²) in [4.78, 5) is 20.1. The number of carbonyl (C=O) groups is 1. The van der Waals surface area contributed by atoms with Crippen LogP contribution in [0.25, 0.3) is 0 Å². The SMILES string of the molecule is O=C(CCCC1C=CS(=O)(=O)C1)c1cnc(OC2CCC(F)(F)C2)cn1. The van der Waals surface area contributed by atoms with Crippen LogP contribution in [0.4, 0.5) is 8.78 Å². The van der Waals surface area contributed by atoms with E-state index in [4.69, 9.17) is 4.74 Å². The highest BCUT2D eigenvalue weighted by Gasteiger charge is 2.40. The first-order chi connectivity index (χ1) is 12.2. The number of allylic oxidation sites excluding steroid dienone is 1. The number of ether oxygens (including phenoxy) is 1. The molecule has 1 saturated carbocycles. The van der Waals surface area contributed by atoms with Gasteiger partial charge >= 0.3 is 0 Å². The number of aromatic nitrogens is 2. The van der Waals surface area contributed by atoms with Gasteiger partial charge in [-0.1, -0.05) is 6.08 Å². The number of hydrogen-bond donors (Lipinski definition) is 0. The first-order valence-corrected chi connectivity index (χ1v) is 10.2. The van der Waals surface area contributed by atoms with Crippen molar-refractivity contribution in [3.63, 3.8) is 0 Å². The monoisotopic (exact) mass is 386 g/mol. The van der Waals surface area contributed by atoms with Gasteiger partial charge in [0.1, 0.15) is 11.8 Å². The molecule has 9 heteroatoms. The van der Waals surface area contributed by atoms with E-state index in [9.17, 15) is 22.0 Å². The minimum atomic E-state index is -3.07. The van der Waals surface area contributed by atoms with E-state index in [-0.39, 0.29) is 54.7 Å². The van der Waals surface area contributed by atoms with Crippen LogP contribution in [0.3, 0.4) is 0 Å². The summed E-state index contributed by atoms with van der Waals surface area (Å²) < 4.78 is 54.3. The van der Waals surface area contributed by atoms with Gasteiger partial charge in [-0.05, 0) is 25.2 Å². The molecule has 0 amide bonds. The van der Waals surface area contributed by atoms with E-state index in [0.717, 1.165) is 0 Å². The first kappa shape index (κ1) is 18.9. The van der Waals surface area contributed by atoms with Crippen LogP contribution in [0.5, 0.6) is 5.88 Å². The Balaban J connectivity index is 1.44. The van der Waals surface area contributed by atoms with Crippen LogP contribution in [0, 0.1) is 5.92 Å². The summed E-state index contributed by atoms with van der Waals surface area (Å²) in [7, 11) is -3.07. The summed E-state index contributed by atoms with van der Waals surface area (Å²) >= 11 is 0. The molecule has 3 rings (SSSR count). The smallest absolute Gasteiger partial charge is 0.251 e. The Kier molecular flexibility index (Phi) is 5.36. The van der Waals surface area contributed by atoms with Crippen LogP contribution in [0.2, 0.25) is 0 Å². The van der Waals surface area contributed by atoms with Crippen molar-refractivity contribution < 1.29 is 26.7 Å². The number of nitrogens with zero attached hydrogens (tertiary/aromatic N) is 2. The number of halogens is 2. The predicted molar refractivity (Wildman–Crippen MR) is 89.8 cm³/mol. The molecule has 1 aromatic heterocycles. The van der Waals surface area contributed by atoms with E-state index in [1.165, 1.54) is 17.8 Å². The second-order valence-corrected chi connectivity index (χ2v) is 8.74. The maximum atomic E-state index is 13.1. The van der Waals surface area contributed by atoms with E-state index in [1.807, 2.05) is 0 Å². The summed E-state index contributed by atoms with van der Waals surface area (Å²) in [6, 6.07) is 0. The fourth-order valence-electron chi connectivity index (χ4n) is 3.17. The van der Waals surface area contributed by atoms with Gasteiger partial charge in [0, 0.05) is 24.7 Å². The largest absolute Gasteiger partial charge is 0.473 e. The Labute approximate surface area is 150 Å². The van der Waals surface area contributed by atoms with Crippen molar-refractivity contribution in [2.24, 2.45) is 5.92 Å². The topological polar surface area (TPSA) is 86.2 Å². The zero-order valence-electron chi connectivity index (χ0n) is 14.1. The summed E-state index contributed by atoms with van der Waals surface area (Å²) in [5.74, 6) is -2.69. The van der Waals surface area contributed by atoms with Gasteiger partial charge in [0.2, 0.25) is 5.88 Å². The highest BCUT2D eigenvalue weighted by molar-refractivity contribution is 7.94. The lowest BCUT2D eigenvalue weighted by Gasteiger charge is -2.12. The first-order valence-electron chi connectivity index (χ1n) is 8.53. The molecule has 142 valence electrons. The van der Waals surface area contributed by atoms with Crippen molar-refractivity contribution in [1.82, 2.24) is 9.97 Å². The van der Waals surface area contributed by atoms with Crippen LogP contribution < -0.4 is 4.74 Å². The lowest BCUT2D eigenvalue weighted by molar-refractivity contribution is -0.00142. The maximum absolute atomic E-state index is 13.1. The third kappa shape index (κ3) is 5.06. The second-order valence-electron chi connectivity index (χ2n) is 6.81. The molecule has 0 radical (unpaired) electrons. The summed E-state index contributed by atoms with van der Waals surface area (Å²) in [5.41, 5.74) is 0.184. The molecule has 2 heterocycles. The van der Waals surface area contributed by atoms with Gasteiger partial charge < -0.3 is 4.74 Å². The number of Topliss-reactive ketones (excluding diaryl/α,β-unsaturated/α-hetero) is 1. The average molecular weight is 386 g/mol. The predicted octanol–water partition coefficient (Wildman–Crippen LogP) is 2.95. The number of hydrogen-bond acceptors (Lipinski definition) is 6. The summed E-state index contributed by atoms with van der Waals surface area (Å²) in [5, 5.41) is 1.23. The minimum Gasteiger partial charge on any atom is -0.473 e. The molecular weight excluding hydrogens is 366 g/mol. The van der Waals surface area contributed by atoms with E-state index in [0.29, 0.717) is 12.8 Å². The van der Waals surface area contributed by atoms with Crippen molar-refractivity contribution in [3.8, 4) is 5.88 Å². The van der Waals surface area contributed by atoms with E-state index in [1.54, 1.807) is 6.08 Å². The normalized spacial score (nSPS) is 26.1. The molecule has 2 atom stereocenters. The van der Waals surface area contributed by atoms with Crippen molar-refractivity contribution >= 4 is 15.6 Å². The minimum absolute atomic E-state index is 0.0424. The molecule has 1 aromatic rings. The highest BCUT2D eigenvalue weighted by atomic mass is 32.2. The molecule has 1 aliphatic heterocycles. The number of carbonyl (C=O) groups excluding carboxylic acids is 1. The zero-order valence-corrected chi connectivity index (χ0v) is 14.9. The number of rotatable bonds is 7. The molecule has 1 aliphatic carbocycles. The number of alkyl halides is 2. The molecule has 2 unspecified atom stereocenters. The van der Waals surface area contributed by atoms with Gasteiger partial charge in [0.15, 0.2) is 15.6 Å². The van der Waals surface area contributed by atoms with Crippen LogP contribution >= 0.6 is 0 Å². The summed E-state index contributed by atoms with van der Waals surface area (Å²) in [6.07, 6.45) is 4.79. The van der Waals surface area contributed by atoms with E-state index >= 15 is 0 Å². The molecule has 1 fully saturated rings. The van der Waals surface area contributed by atoms with Crippen molar-refractivity contribution in [3.05, 3.63) is 29.6 Å². The second kappa shape index (κ2) is 7.38. The van der Waals surface area contributed by atoms with Gasteiger partial charge in [-0.3, -0.25) is 4.79 Å². The molecule has 2 aliphatic rings. The Morgan fingerprint density at radius 3 is 2.69 bits per heavy atom. The molecule has 6 nitrogen and oxygen atoms in total. The zero-order chi connectivity index (χ0) is 18.8. The molecule has 0 N–H and O–H groups in total. The number of sulfone groups is 1. The molecule has 26 heavy (non-hydrogen) atoms. The lowest BCUT2D eigenvalue weighted by Crippen LogP contribution is -2.17. The standard InChI is InChI=1S/C17H20F2N2O4S/c18-17(19)6-4-13(8-17)25-16-10-20-14(9-21-16)15(22)3-1-2-12-5-7-26(23,24)11-12/h5,7,9-10,12-13H,1-4,6,8,11H2. The molecule has 0 bridgehead atoms. The fourth-order valence-corrected chi connectivity index (χ4v) is 4.62. The van der Waals surface area contributed by atoms with Gasteiger partial charge in [-0.2, -0.15) is 0 Å². The van der Waals surface area contributed by atoms with Gasteiger partial charge in [-0.25, -0.2) is 27.2 Å². The van der Waals surface area contributed by atoms with Crippen molar-refractivity contribution in [2.75, 3.05) is 5.75 Å². The highest BCUT2D eigenvalue weighted by Crippen LogP contribution is 2.36. The lowest BCUT2D eigenvalue weighted by atomic mass is 10.0. The number of ketones is 1. The van der Waals surface area contributed by atoms with Crippen LogP contribution in [0.15, 0.2) is 23.9 Å².